The molecule has 0 radical (unpaired) electrons. The molecule has 0 aromatic heterocycles. The minimum Gasteiger partial charge on any atom is -0.349 e. The number of carbonyl (C=O) groups excluding carboxylic acids is 2. The average molecular weight is 298 g/mol. The number of benzene rings is 2. The Kier molecular flexibility index (Phi) is 3.87. The van der Waals surface area contributed by atoms with Crippen LogP contribution in [-0.4, -0.2) is 17.9 Å². The van der Waals surface area contributed by atoms with Gasteiger partial charge in [0.05, 0.1) is 5.69 Å². The Morgan fingerprint density at radius 3 is 2.09 bits per heavy atom. The van der Waals surface area contributed by atoms with Crippen molar-refractivity contribution in [3.05, 3.63) is 65.5 Å². The highest BCUT2D eigenvalue weighted by molar-refractivity contribution is 6.05. The molecule has 3 rings (SSSR count). The molecule has 0 unspecified atom stereocenters. The molecule has 0 atom stereocenters. The number of halogens is 1. The van der Waals surface area contributed by atoms with E-state index in [1.807, 2.05) is 0 Å². The van der Waals surface area contributed by atoms with Crippen LogP contribution in [0.4, 0.5) is 10.1 Å². The van der Waals surface area contributed by atoms with Gasteiger partial charge in [0.2, 0.25) is 0 Å². The topological polar surface area (TPSA) is 58.2 Å². The van der Waals surface area contributed by atoms with Gasteiger partial charge in [-0.15, -0.1) is 0 Å². The third kappa shape index (κ3) is 3.31. The second-order valence-corrected chi connectivity index (χ2v) is 5.26. The molecule has 0 bridgehead atoms. The van der Waals surface area contributed by atoms with Crippen LogP contribution in [0, 0.1) is 5.82 Å². The van der Waals surface area contributed by atoms with Crippen LogP contribution in [0.1, 0.15) is 33.6 Å². The van der Waals surface area contributed by atoms with Gasteiger partial charge in [0, 0.05) is 17.2 Å². The van der Waals surface area contributed by atoms with E-state index in [9.17, 15) is 14.0 Å². The van der Waals surface area contributed by atoms with Crippen molar-refractivity contribution >= 4 is 17.5 Å². The van der Waals surface area contributed by atoms with Crippen molar-refractivity contribution in [2.45, 2.75) is 18.9 Å². The summed E-state index contributed by atoms with van der Waals surface area (Å²) in [5.41, 5.74) is 1.00. The first-order valence-electron chi connectivity index (χ1n) is 7.10. The van der Waals surface area contributed by atoms with Crippen molar-refractivity contribution in [3.63, 3.8) is 0 Å². The van der Waals surface area contributed by atoms with Gasteiger partial charge < -0.3 is 10.6 Å². The van der Waals surface area contributed by atoms with E-state index in [2.05, 4.69) is 10.6 Å². The highest BCUT2D eigenvalue weighted by Gasteiger charge is 2.23. The van der Waals surface area contributed by atoms with Crippen molar-refractivity contribution in [2.75, 3.05) is 5.32 Å². The fourth-order valence-corrected chi connectivity index (χ4v) is 2.03. The van der Waals surface area contributed by atoms with Crippen molar-refractivity contribution in [2.24, 2.45) is 0 Å². The zero-order chi connectivity index (χ0) is 15.5. The van der Waals surface area contributed by atoms with Gasteiger partial charge in [-0.2, -0.15) is 0 Å². The van der Waals surface area contributed by atoms with Crippen LogP contribution < -0.4 is 10.6 Å². The Hall–Kier alpha value is -2.69. The summed E-state index contributed by atoms with van der Waals surface area (Å²) >= 11 is 0. The van der Waals surface area contributed by atoms with E-state index >= 15 is 0 Å². The summed E-state index contributed by atoms with van der Waals surface area (Å²) < 4.78 is 13.5. The van der Waals surface area contributed by atoms with Gasteiger partial charge in [-0.25, -0.2) is 4.39 Å². The molecule has 112 valence electrons. The second-order valence-electron chi connectivity index (χ2n) is 5.26. The van der Waals surface area contributed by atoms with Crippen LogP contribution in [0.2, 0.25) is 0 Å². The number of rotatable bonds is 4. The standard InChI is InChI=1S/C17H15FN2O2/c18-14-3-1-2-4-15(14)20-17(22)12-7-5-11(6-8-12)16(21)19-13-9-10-13/h1-8,13H,9-10H2,(H,19,21)(H,20,22). The number of carbonyl (C=O) groups is 2. The highest BCUT2D eigenvalue weighted by atomic mass is 19.1. The summed E-state index contributed by atoms with van der Waals surface area (Å²) in [6, 6.07) is 12.5. The van der Waals surface area contributed by atoms with Gasteiger partial charge in [-0.1, -0.05) is 12.1 Å². The minimum absolute atomic E-state index is 0.128. The zero-order valence-electron chi connectivity index (χ0n) is 11.8. The molecule has 4 nitrogen and oxygen atoms in total. The van der Waals surface area contributed by atoms with Gasteiger partial charge in [-0.3, -0.25) is 9.59 Å². The third-order valence-corrected chi connectivity index (χ3v) is 3.44. The molecule has 5 heteroatoms. The maximum atomic E-state index is 13.5. The summed E-state index contributed by atoms with van der Waals surface area (Å²) in [6.45, 7) is 0. The molecular weight excluding hydrogens is 283 g/mol. The Bertz CT molecular complexity index is 709. The van der Waals surface area contributed by atoms with Crippen LogP contribution >= 0.6 is 0 Å². The quantitative estimate of drug-likeness (QED) is 0.911. The summed E-state index contributed by atoms with van der Waals surface area (Å²) in [7, 11) is 0. The molecule has 2 aromatic carbocycles. The maximum Gasteiger partial charge on any atom is 0.255 e. The summed E-state index contributed by atoms with van der Waals surface area (Å²) in [5, 5.41) is 5.38. The van der Waals surface area contributed by atoms with E-state index < -0.39 is 11.7 Å². The first-order chi connectivity index (χ1) is 10.6. The molecule has 1 saturated carbocycles. The van der Waals surface area contributed by atoms with Crippen LogP contribution in [-0.2, 0) is 0 Å². The fourth-order valence-electron chi connectivity index (χ4n) is 2.03. The van der Waals surface area contributed by atoms with Crippen molar-refractivity contribution in [1.82, 2.24) is 5.32 Å². The molecular formula is C17H15FN2O2. The lowest BCUT2D eigenvalue weighted by atomic mass is 10.1. The van der Waals surface area contributed by atoms with Crippen LogP contribution in [0.5, 0.6) is 0 Å². The van der Waals surface area contributed by atoms with Gasteiger partial charge in [0.15, 0.2) is 0 Å². The number of para-hydroxylation sites is 1. The van der Waals surface area contributed by atoms with Gasteiger partial charge in [0.25, 0.3) is 11.8 Å². The number of anilines is 1. The lowest BCUT2D eigenvalue weighted by molar-refractivity contribution is 0.0949. The zero-order valence-corrected chi connectivity index (χ0v) is 11.8. The third-order valence-electron chi connectivity index (χ3n) is 3.44. The molecule has 2 aromatic rings. The number of nitrogens with one attached hydrogen (secondary N) is 2. The molecule has 0 aliphatic heterocycles. The fraction of sp³-hybridized carbons (Fsp3) is 0.176. The van der Waals surface area contributed by atoms with E-state index in [4.69, 9.17) is 0 Å². The number of hydrogen-bond donors (Lipinski definition) is 2. The SMILES string of the molecule is O=C(Nc1ccccc1F)c1ccc(C(=O)NC2CC2)cc1. The average Bonchev–Trinajstić information content (AvgIpc) is 3.33. The molecule has 2 N–H and O–H groups in total. The van der Waals surface area contributed by atoms with Crippen molar-refractivity contribution in [3.8, 4) is 0 Å². The smallest absolute Gasteiger partial charge is 0.255 e. The Labute approximate surface area is 127 Å². The van der Waals surface area contributed by atoms with E-state index in [1.54, 1.807) is 36.4 Å². The monoisotopic (exact) mass is 298 g/mol. The van der Waals surface area contributed by atoms with Crippen LogP contribution in [0.25, 0.3) is 0 Å². The van der Waals surface area contributed by atoms with Crippen LogP contribution in [0.15, 0.2) is 48.5 Å². The van der Waals surface area contributed by atoms with Crippen molar-refractivity contribution in [1.29, 1.82) is 0 Å². The van der Waals surface area contributed by atoms with E-state index in [0.29, 0.717) is 11.1 Å². The molecule has 1 fully saturated rings. The largest absolute Gasteiger partial charge is 0.349 e. The normalized spacial score (nSPS) is 13.5. The number of hydrogen-bond acceptors (Lipinski definition) is 2. The molecule has 0 heterocycles. The summed E-state index contributed by atoms with van der Waals surface area (Å²) in [4.78, 5) is 23.9. The predicted molar refractivity (Wildman–Crippen MR) is 81.3 cm³/mol. The molecule has 0 spiro atoms. The molecule has 1 aliphatic rings. The second kappa shape index (κ2) is 5.97. The molecule has 2 amide bonds. The Morgan fingerprint density at radius 1 is 0.909 bits per heavy atom. The summed E-state index contributed by atoms with van der Waals surface area (Å²) in [5.74, 6) is -1.04. The first-order valence-corrected chi connectivity index (χ1v) is 7.10. The van der Waals surface area contributed by atoms with Gasteiger partial charge >= 0.3 is 0 Å². The van der Waals surface area contributed by atoms with Gasteiger partial charge in [0.1, 0.15) is 5.82 Å². The predicted octanol–water partition coefficient (Wildman–Crippen LogP) is 2.97. The Morgan fingerprint density at radius 2 is 1.50 bits per heavy atom. The first kappa shape index (κ1) is 14.3. The number of amides is 2. The van der Waals surface area contributed by atoms with Gasteiger partial charge in [-0.05, 0) is 49.2 Å². The van der Waals surface area contributed by atoms with E-state index in [1.165, 1.54) is 12.1 Å². The Balaban J connectivity index is 1.68. The van der Waals surface area contributed by atoms with E-state index in [-0.39, 0.29) is 17.6 Å². The molecule has 22 heavy (non-hydrogen) atoms. The lowest BCUT2D eigenvalue weighted by Crippen LogP contribution is -2.25. The summed E-state index contributed by atoms with van der Waals surface area (Å²) in [6.07, 6.45) is 2.05. The van der Waals surface area contributed by atoms with Crippen molar-refractivity contribution < 1.29 is 14.0 Å². The highest BCUT2D eigenvalue weighted by Crippen LogP contribution is 2.19. The molecule has 1 aliphatic carbocycles. The molecule has 0 saturated heterocycles. The van der Waals surface area contributed by atoms with E-state index in [0.717, 1.165) is 12.8 Å². The lowest BCUT2D eigenvalue weighted by Gasteiger charge is -2.07. The van der Waals surface area contributed by atoms with Crippen LogP contribution in [0.3, 0.4) is 0 Å². The maximum absolute atomic E-state index is 13.5. The minimum atomic E-state index is -0.490.